The van der Waals surface area contributed by atoms with Crippen molar-refractivity contribution in [1.29, 1.82) is 0 Å². The lowest BCUT2D eigenvalue weighted by Crippen LogP contribution is -2.22. The molecule has 1 aromatic heterocycles. The van der Waals surface area contributed by atoms with E-state index in [1.54, 1.807) is 6.20 Å². The fourth-order valence-corrected chi connectivity index (χ4v) is 2.91. The number of benzene rings is 1. The van der Waals surface area contributed by atoms with Gasteiger partial charge >= 0.3 is 0 Å². The van der Waals surface area contributed by atoms with Gasteiger partial charge in [-0.15, -0.1) is 0 Å². The fourth-order valence-electron chi connectivity index (χ4n) is 2.49. The van der Waals surface area contributed by atoms with Crippen LogP contribution >= 0.6 is 23.0 Å². The molecule has 2 aromatic rings. The van der Waals surface area contributed by atoms with Crippen LogP contribution in [0.2, 0.25) is 0 Å². The summed E-state index contributed by atoms with van der Waals surface area (Å²) >= 11 is 1.95. The maximum atomic E-state index is 12.3. The predicted octanol–water partition coefficient (Wildman–Crippen LogP) is 3.28. The zero-order valence-electron chi connectivity index (χ0n) is 11.9. The van der Waals surface area contributed by atoms with Gasteiger partial charge in [-0.1, -0.05) is 18.2 Å². The van der Waals surface area contributed by atoms with Gasteiger partial charge in [-0.05, 0) is 30.7 Å². The Hall–Kier alpha value is -1.67. The Labute approximate surface area is 143 Å². The second kappa shape index (κ2) is 7.06. The Bertz CT molecular complexity index is 651. The quantitative estimate of drug-likeness (QED) is 0.788. The van der Waals surface area contributed by atoms with E-state index in [0.29, 0.717) is 5.69 Å². The van der Waals surface area contributed by atoms with Crippen molar-refractivity contribution in [1.82, 2.24) is 4.98 Å². The van der Waals surface area contributed by atoms with Crippen molar-refractivity contribution in [2.45, 2.75) is 12.5 Å². The van der Waals surface area contributed by atoms with Crippen LogP contribution in [0.15, 0.2) is 48.7 Å². The Morgan fingerprint density at radius 2 is 2.14 bits per heavy atom. The van der Waals surface area contributed by atoms with Gasteiger partial charge in [0.1, 0.15) is 28.7 Å². The Balaban J connectivity index is 1.72. The summed E-state index contributed by atoms with van der Waals surface area (Å²) in [5, 5.41) is 2.85. The number of para-hydroxylation sites is 1. The Morgan fingerprint density at radius 1 is 1.32 bits per heavy atom. The van der Waals surface area contributed by atoms with Crippen LogP contribution in [0, 0.1) is 0 Å². The number of nitrogens with one attached hydrogen (secondary N) is 1. The highest BCUT2D eigenvalue weighted by Crippen LogP contribution is 2.23. The fraction of sp³-hybridized carbons (Fsp3) is 0.250. The minimum atomic E-state index is -0.200. The van der Waals surface area contributed by atoms with E-state index in [1.807, 2.05) is 65.5 Å². The van der Waals surface area contributed by atoms with E-state index in [4.69, 9.17) is 3.07 Å². The molecule has 0 saturated carbocycles. The Kier molecular flexibility index (Phi) is 4.89. The van der Waals surface area contributed by atoms with Crippen LogP contribution in [0.4, 0.5) is 11.4 Å². The van der Waals surface area contributed by atoms with E-state index in [2.05, 4.69) is 15.2 Å². The lowest BCUT2D eigenvalue weighted by Gasteiger charge is -2.18. The van der Waals surface area contributed by atoms with Gasteiger partial charge in [0.25, 0.3) is 5.91 Å². The van der Waals surface area contributed by atoms with Crippen molar-refractivity contribution >= 4 is 40.3 Å². The van der Waals surface area contributed by atoms with Gasteiger partial charge in [0.05, 0.1) is 6.10 Å². The molecule has 22 heavy (non-hydrogen) atoms. The van der Waals surface area contributed by atoms with Gasteiger partial charge in [0.2, 0.25) is 0 Å². The summed E-state index contributed by atoms with van der Waals surface area (Å²) < 4.78 is 5.35. The first-order valence-electron chi connectivity index (χ1n) is 7.11. The second-order valence-electron chi connectivity index (χ2n) is 5.17. The number of pyridine rings is 1. The number of amides is 1. The molecule has 1 aliphatic rings. The number of nitrogens with zero attached hydrogens (tertiary/aromatic N) is 2. The minimum Gasteiger partial charge on any atom is -0.369 e. The van der Waals surface area contributed by atoms with Gasteiger partial charge < -0.3 is 13.3 Å². The maximum Gasteiger partial charge on any atom is 0.274 e. The first-order chi connectivity index (χ1) is 10.8. The average Bonchev–Trinajstić information content (AvgIpc) is 3.05. The normalized spacial score (nSPS) is 17.5. The summed E-state index contributed by atoms with van der Waals surface area (Å²) in [5.74, 6) is -0.200. The lowest BCUT2D eigenvalue weighted by molar-refractivity contribution is 0.102. The number of carbonyl (C=O) groups is 1. The number of aromatic nitrogens is 1. The monoisotopic (exact) mass is 409 g/mol. The van der Waals surface area contributed by atoms with Crippen molar-refractivity contribution in [2.24, 2.45) is 0 Å². The molecule has 1 N–H and O–H groups in total. The van der Waals surface area contributed by atoms with E-state index in [9.17, 15) is 4.79 Å². The molecule has 0 bridgehead atoms. The zero-order valence-corrected chi connectivity index (χ0v) is 14.1. The van der Waals surface area contributed by atoms with Crippen LogP contribution in [-0.2, 0) is 3.07 Å². The molecule has 1 aromatic carbocycles. The molecule has 2 heterocycles. The molecule has 1 amide bonds. The summed E-state index contributed by atoms with van der Waals surface area (Å²) in [4.78, 5) is 18.7. The molecule has 0 spiro atoms. The molecule has 6 heteroatoms. The van der Waals surface area contributed by atoms with Crippen LogP contribution in [0.3, 0.4) is 0 Å². The van der Waals surface area contributed by atoms with Crippen molar-refractivity contribution in [3.63, 3.8) is 0 Å². The van der Waals surface area contributed by atoms with Gasteiger partial charge in [0, 0.05) is 30.7 Å². The predicted molar refractivity (Wildman–Crippen MR) is 94.4 cm³/mol. The van der Waals surface area contributed by atoms with Gasteiger partial charge in [-0.25, -0.2) is 0 Å². The summed E-state index contributed by atoms with van der Waals surface area (Å²) in [5.41, 5.74) is 2.18. The van der Waals surface area contributed by atoms with E-state index >= 15 is 0 Å². The molecular weight excluding hydrogens is 393 g/mol. The number of rotatable bonds is 4. The van der Waals surface area contributed by atoms with E-state index in [1.165, 1.54) is 0 Å². The van der Waals surface area contributed by atoms with Crippen molar-refractivity contribution in [3.8, 4) is 0 Å². The molecule has 1 atom stereocenters. The third-order valence-corrected chi connectivity index (χ3v) is 4.36. The summed E-state index contributed by atoms with van der Waals surface area (Å²) in [6.07, 6.45) is 2.92. The smallest absolute Gasteiger partial charge is 0.274 e. The van der Waals surface area contributed by atoms with Crippen LogP contribution in [0.1, 0.15) is 16.9 Å². The highest BCUT2D eigenvalue weighted by Gasteiger charge is 2.23. The number of anilines is 2. The van der Waals surface area contributed by atoms with Crippen LogP contribution in [-0.4, -0.2) is 30.1 Å². The summed E-state index contributed by atoms with van der Waals surface area (Å²) in [6.45, 7) is 1.77. The number of hydrogen-bond donors (Lipinski definition) is 1. The van der Waals surface area contributed by atoms with Crippen LogP contribution in [0.5, 0.6) is 0 Å². The number of carbonyl (C=O) groups excluding carboxylic acids is 1. The maximum absolute atomic E-state index is 12.3. The SMILES string of the molecule is O=C(Nc1ccccc1)c1cc(N2CCC(OI)C2)ccn1. The molecule has 1 saturated heterocycles. The van der Waals surface area contributed by atoms with Gasteiger partial charge in [-0.3, -0.25) is 9.78 Å². The molecule has 3 rings (SSSR count). The molecule has 114 valence electrons. The van der Waals surface area contributed by atoms with Crippen molar-refractivity contribution in [2.75, 3.05) is 23.3 Å². The molecular formula is C16H16IN3O2. The second-order valence-corrected chi connectivity index (χ2v) is 5.67. The molecule has 1 unspecified atom stereocenters. The molecule has 0 radical (unpaired) electrons. The molecule has 0 aliphatic carbocycles. The first-order valence-corrected chi connectivity index (χ1v) is 7.99. The topological polar surface area (TPSA) is 54.5 Å². The summed E-state index contributed by atoms with van der Waals surface area (Å²) in [7, 11) is 0. The first kappa shape index (κ1) is 15.2. The average molecular weight is 409 g/mol. The van der Waals surface area contributed by atoms with Gasteiger partial charge in [-0.2, -0.15) is 0 Å². The van der Waals surface area contributed by atoms with Crippen molar-refractivity contribution in [3.05, 3.63) is 54.4 Å². The Morgan fingerprint density at radius 3 is 2.86 bits per heavy atom. The molecule has 5 nitrogen and oxygen atoms in total. The van der Waals surface area contributed by atoms with Crippen molar-refractivity contribution < 1.29 is 7.86 Å². The van der Waals surface area contributed by atoms with Crippen LogP contribution in [0.25, 0.3) is 0 Å². The zero-order chi connectivity index (χ0) is 15.4. The standard InChI is InChI=1S/C16H16IN3O2/c17-22-14-7-9-20(11-14)13-6-8-18-15(10-13)16(21)19-12-4-2-1-3-5-12/h1-6,8,10,14H,7,9,11H2,(H,19,21). The highest BCUT2D eigenvalue weighted by molar-refractivity contribution is 14.1. The van der Waals surface area contributed by atoms with E-state index in [0.717, 1.165) is 30.9 Å². The third kappa shape index (κ3) is 3.56. The molecule has 1 fully saturated rings. The minimum absolute atomic E-state index is 0.200. The lowest BCUT2D eigenvalue weighted by atomic mass is 10.2. The number of halogens is 1. The van der Waals surface area contributed by atoms with Gasteiger partial charge in [0.15, 0.2) is 0 Å². The largest absolute Gasteiger partial charge is 0.369 e. The third-order valence-electron chi connectivity index (χ3n) is 3.64. The van der Waals surface area contributed by atoms with E-state index in [-0.39, 0.29) is 12.0 Å². The van der Waals surface area contributed by atoms with Crippen LogP contribution < -0.4 is 10.2 Å². The number of hydrogen-bond acceptors (Lipinski definition) is 4. The summed E-state index contributed by atoms with van der Waals surface area (Å²) in [6, 6.07) is 13.1. The highest BCUT2D eigenvalue weighted by atomic mass is 127. The molecule has 1 aliphatic heterocycles. The van der Waals surface area contributed by atoms with E-state index < -0.39 is 0 Å².